The van der Waals surface area contributed by atoms with E-state index in [4.69, 9.17) is 8.83 Å². The molecule has 17 aromatic rings. The van der Waals surface area contributed by atoms with Crippen LogP contribution in [0.25, 0.3) is 149 Å². The van der Waals surface area contributed by atoms with Crippen LogP contribution in [0.2, 0.25) is 0 Å². The summed E-state index contributed by atoms with van der Waals surface area (Å²) in [5, 5.41) is 7.14. The van der Waals surface area contributed by atoms with E-state index in [9.17, 15) is 0 Å². The minimum Gasteiger partial charge on any atom is -0.455 e. The molecule has 0 fully saturated rings. The van der Waals surface area contributed by atoms with E-state index in [2.05, 4.69) is 346 Å². The average molecular weight is 1490 g/mol. The van der Waals surface area contributed by atoms with E-state index in [1.807, 2.05) is 0 Å². The van der Waals surface area contributed by atoms with Gasteiger partial charge in [0.05, 0.1) is 11.0 Å². The molecule has 0 saturated carbocycles. The fourth-order valence-electron chi connectivity index (χ4n) is 22.9. The number of aromatic nitrogens is 1. The third-order valence-corrected chi connectivity index (χ3v) is 28.6. The quantitative estimate of drug-likeness (QED) is 0.0803. The van der Waals surface area contributed by atoms with Crippen LogP contribution in [0.3, 0.4) is 0 Å². The fourth-order valence-corrected chi connectivity index (χ4v) is 22.9. The Balaban J connectivity index is 0.672. The van der Waals surface area contributed by atoms with Crippen LogP contribution in [0.4, 0.5) is 17.1 Å². The summed E-state index contributed by atoms with van der Waals surface area (Å²) in [4.78, 5) is 2.56. The summed E-state index contributed by atoms with van der Waals surface area (Å²) in [6, 6.07) is 103. The number of fused-ring (bicyclic) bond motifs is 28. The summed E-state index contributed by atoms with van der Waals surface area (Å²) in [5.74, 6) is 0. The normalized spacial score (nSPS) is 15.5. The van der Waals surface area contributed by atoms with Crippen LogP contribution < -0.4 is 4.90 Å². The van der Waals surface area contributed by atoms with E-state index in [0.29, 0.717) is 0 Å². The number of nitrogens with zero attached hydrogens (tertiary/aromatic N) is 2. The van der Waals surface area contributed by atoms with Gasteiger partial charge >= 0.3 is 0 Å². The number of anilines is 3. The SMILES string of the molecule is CCCCCCCC1(CCCCCCC)c2ccccc2-c2ccc(-c3ccc4c(c3)C(C)(C)c3cc(-c5cc6c(c7c5oc5ccccc57)-c5ccc(N(c7ccc8c(c7)C(C)(C)c7c9c(c%10oc%11ccccc%11c%10c7-8)-c7ccccc7C9(C)C)c7ccc8c9ccccc9n(-c9ccccc9)c8c7)cc5C6(C)C)ccc3-4)cc21. The van der Waals surface area contributed by atoms with Crippen LogP contribution in [0.5, 0.6) is 0 Å². The zero-order valence-corrected chi connectivity index (χ0v) is 68.1. The van der Waals surface area contributed by atoms with E-state index < -0.39 is 10.8 Å². The molecule has 22 rings (SSSR count). The van der Waals surface area contributed by atoms with Crippen LogP contribution in [-0.4, -0.2) is 4.57 Å². The van der Waals surface area contributed by atoms with Crippen molar-refractivity contribution in [2.75, 3.05) is 4.90 Å². The lowest BCUT2D eigenvalue weighted by Gasteiger charge is -2.33. The molecular formula is C111H98N2O2. The van der Waals surface area contributed by atoms with Crippen molar-refractivity contribution in [3.8, 4) is 83.6 Å². The lowest BCUT2D eigenvalue weighted by molar-refractivity contribution is 0.399. The van der Waals surface area contributed by atoms with Crippen molar-refractivity contribution in [1.82, 2.24) is 4.57 Å². The molecule has 564 valence electrons. The standard InChI is InChI=1S/C111H98N2O2/c1-11-13-15-17-32-58-111(59-33-18-16-14-12-2)87-42-28-22-36-74(87)77-53-47-68(61-92(77)111)67-46-52-75-76-54-48-69(62-89(76)107(3,4)88(75)60-67)85-66-93-98(100-83-39-25-30-44-96(83)114-105(85)100)81-56-50-71(63-90(81)108(93,5)6)112(73-49-55-79-78-37-24-29-43-94(78)113(95(79)65-73)70-34-20-19-21-35-70)72-51-57-82-91(64-72)110(9,10)103-99(82)101-84-40-26-31-45-97(84)115-106(101)102-80-38-23-27-41-86(80)109(7,8)104(102)103/h19-31,34-57,60-66H,11-18,32-33,58-59H2,1-10H3. The number of furan rings is 2. The summed E-state index contributed by atoms with van der Waals surface area (Å²) in [5.41, 5.74) is 41.1. The van der Waals surface area contributed by atoms with E-state index in [1.165, 1.54) is 221 Å². The Hall–Kier alpha value is -11.7. The first-order chi connectivity index (χ1) is 56.0. The summed E-state index contributed by atoms with van der Waals surface area (Å²) >= 11 is 0. The third kappa shape index (κ3) is 9.96. The van der Waals surface area contributed by atoms with Gasteiger partial charge in [0.1, 0.15) is 22.3 Å². The van der Waals surface area contributed by atoms with Crippen molar-refractivity contribution in [1.29, 1.82) is 0 Å². The van der Waals surface area contributed by atoms with Crippen LogP contribution in [0.15, 0.2) is 276 Å². The Bertz CT molecular complexity index is 6940. The summed E-state index contributed by atoms with van der Waals surface area (Å²) in [6.45, 7) is 24.3. The maximum absolute atomic E-state index is 7.32. The number of benzene rings is 14. The van der Waals surface area contributed by atoms with Gasteiger partial charge < -0.3 is 18.3 Å². The third-order valence-electron chi connectivity index (χ3n) is 28.6. The molecule has 5 aliphatic rings. The number of unbranched alkanes of at least 4 members (excludes halogenated alkanes) is 8. The van der Waals surface area contributed by atoms with Gasteiger partial charge in [-0.25, -0.2) is 0 Å². The second-order valence-electron chi connectivity index (χ2n) is 36.4. The van der Waals surface area contributed by atoms with Crippen LogP contribution in [0.1, 0.15) is 202 Å². The first-order valence-corrected chi connectivity index (χ1v) is 42.8. The van der Waals surface area contributed by atoms with Crippen LogP contribution in [-0.2, 0) is 27.1 Å². The molecule has 0 aliphatic heterocycles. The smallest absolute Gasteiger partial charge is 0.144 e. The predicted octanol–water partition coefficient (Wildman–Crippen LogP) is 31.6. The average Bonchev–Trinajstić information content (AvgIpc) is 1.51. The van der Waals surface area contributed by atoms with Crippen LogP contribution in [0, 0.1) is 0 Å². The lowest BCUT2D eigenvalue weighted by Crippen LogP contribution is -2.25. The molecule has 0 amide bonds. The fraction of sp³-hybridized carbons (Fsp3) is 0.243. The summed E-state index contributed by atoms with van der Waals surface area (Å²) < 4.78 is 16.9. The molecule has 0 saturated heterocycles. The molecule has 0 bridgehead atoms. The number of rotatable bonds is 18. The van der Waals surface area contributed by atoms with Crippen molar-refractivity contribution in [3.63, 3.8) is 0 Å². The molecule has 14 aromatic carbocycles. The van der Waals surface area contributed by atoms with Crippen molar-refractivity contribution >= 4 is 82.7 Å². The Morgan fingerprint density at radius 2 is 0.730 bits per heavy atom. The first kappa shape index (κ1) is 70.0. The largest absolute Gasteiger partial charge is 0.455 e. The monoisotopic (exact) mass is 1490 g/mol. The van der Waals surface area contributed by atoms with E-state index >= 15 is 0 Å². The molecule has 4 nitrogen and oxygen atoms in total. The molecule has 5 aliphatic carbocycles. The topological polar surface area (TPSA) is 34.5 Å². The predicted molar refractivity (Wildman–Crippen MR) is 484 cm³/mol. The lowest BCUT2D eigenvalue weighted by atomic mass is 9.70. The molecule has 0 unspecified atom stereocenters. The van der Waals surface area contributed by atoms with E-state index in [1.54, 1.807) is 11.1 Å². The highest BCUT2D eigenvalue weighted by molar-refractivity contribution is 6.22. The Morgan fingerprint density at radius 3 is 1.40 bits per heavy atom. The Labute approximate surface area is 676 Å². The molecule has 3 aromatic heterocycles. The zero-order chi connectivity index (χ0) is 77.8. The highest BCUT2D eigenvalue weighted by Crippen LogP contribution is 2.65. The second-order valence-corrected chi connectivity index (χ2v) is 36.4. The Morgan fingerprint density at radius 1 is 0.287 bits per heavy atom. The molecule has 0 atom stereocenters. The maximum atomic E-state index is 7.32. The van der Waals surface area contributed by atoms with Gasteiger partial charge in [-0.3, -0.25) is 0 Å². The van der Waals surface area contributed by atoms with Crippen molar-refractivity contribution in [2.24, 2.45) is 0 Å². The van der Waals surface area contributed by atoms with Gasteiger partial charge in [0.25, 0.3) is 0 Å². The number of hydrogen-bond donors (Lipinski definition) is 0. The van der Waals surface area contributed by atoms with Gasteiger partial charge in [-0.05, 0) is 226 Å². The van der Waals surface area contributed by atoms with Crippen LogP contribution >= 0.6 is 0 Å². The van der Waals surface area contributed by atoms with Gasteiger partial charge in [-0.2, -0.15) is 0 Å². The van der Waals surface area contributed by atoms with E-state index in [0.717, 1.165) is 66.9 Å². The van der Waals surface area contributed by atoms with Gasteiger partial charge in [-0.15, -0.1) is 0 Å². The summed E-state index contributed by atoms with van der Waals surface area (Å²) in [7, 11) is 0. The van der Waals surface area contributed by atoms with Gasteiger partial charge in [0.2, 0.25) is 0 Å². The number of hydrogen-bond acceptors (Lipinski definition) is 3. The van der Waals surface area contributed by atoms with Crippen molar-refractivity contribution in [3.05, 3.63) is 323 Å². The molecule has 4 heteroatoms. The van der Waals surface area contributed by atoms with Gasteiger partial charge in [0.15, 0.2) is 0 Å². The zero-order valence-electron chi connectivity index (χ0n) is 68.1. The van der Waals surface area contributed by atoms with E-state index in [-0.39, 0.29) is 16.2 Å². The highest BCUT2D eigenvalue weighted by Gasteiger charge is 2.50. The maximum Gasteiger partial charge on any atom is 0.144 e. The number of para-hydroxylation sites is 4. The molecular weight excluding hydrogens is 1390 g/mol. The van der Waals surface area contributed by atoms with Gasteiger partial charge in [0, 0.05) is 93.3 Å². The minimum absolute atomic E-state index is 0.0214. The molecule has 3 heterocycles. The highest BCUT2D eigenvalue weighted by atomic mass is 16.3. The first-order valence-electron chi connectivity index (χ1n) is 42.8. The van der Waals surface area contributed by atoms with Crippen molar-refractivity contribution in [2.45, 2.75) is 173 Å². The molecule has 0 radical (unpaired) electrons. The second kappa shape index (κ2) is 25.6. The van der Waals surface area contributed by atoms with Gasteiger partial charge in [-0.1, -0.05) is 309 Å². The molecule has 0 N–H and O–H groups in total. The van der Waals surface area contributed by atoms with Crippen molar-refractivity contribution < 1.29 is 8.83 Å². The Kier molecular flexibility index (Phi) is 15.6. The minimum atomic E-state index is -0.436. The molecule has 0 spiro atoms. The summed E-state index contributed by atoms with van der Waals surface area (Å²) in [6.07, 6.45) is 15.4. The molecule has 115 heavy (non-hydrogen) atoms.